The lowest BCUT2D eigenvalue weighted by Gasteiger charge is -2.21. The maximum Gasteiger partial charge on any atom is 0.304 e. The molecule has 1 fully saturated rings. The molecule has 22 heavy (non-hydrogen) atoms. The van der Waals surface area contributed by atoms with E-state index in [2.05, 4.69) is 5.32 Å². The van der Waals surface area contributed by atoms with Crippen molar-refractivity contribution in [2.24, 2.45) is 5.92 Å². The van der Waals surface area contributed by atoms with Crippen molar-refractivity contribution in [3.8, 4) is 0 Å². The molecule has 1 unspecified atom stereocenters. The normalized spacial score (nSPS) is 17.9. The zero-order chi connectivity index (χ0) is 15.8. The first kappa shape index (κ1) is 16.8. The molecule has 5 nitrogen and oxygen atoms in total. The van der Waals surface area contributed by atoms with Gasteiger partial charge in [0.1, 0.15) is 0 Å². The van der Waals surface area contributed by atoms with Crippen LogP contribution in [-0.2, 0) is 20.1 Å². The highest BCUT2D eigenvalue weighted by atomic mass is 32.2. The molecule has 0 aromatic heterocycles. The summed E-state index contributed by atoms with van der Waals surface area (Å²) in [6, 6.07) is 7.69. The van der Waals surface area contributed by atoms with Gasteiger partial charge in [-0.3, -0.25) is 9.59 Å². The molecule has 1 amide bonds. The zero-order valence-electron chi connectivity index (χ0n) is 12.4. The van der Waals surface area contributed by atoms with Crippen LogP contribution in [0, 0.1) is 5.92 Å². The van der Waals surface area contributed by atoms with Gasteiger partial charge < -0.3 is 15.2 Å². The fourth-order valence-corrected chi connectivity index (χ4v) is 3.16. The van der Waals surface area contributed by atoms with Gasteiger partial charge in [-0.2, -0.15) is 11.8 Å². The molecule has 1 aliphatic heterocycles. The van der Waals surface area contributed by atoms with Crippen molar-refractivity contribution in [1.29, 1.82) is 0 Å². The molecule has 1 saturated heterocycles. The number of carbonyl (C=O) groups is 2. The summed E-state index contributed by atoms with van der Waals surface area (Å²) in [6.07, 6.45) is 1.97. The van der Waals surface area contributed by atoms with Gasteiger partial charge >= 0.3 is 5.97 Å². The quantitative estimate of drug-likeness (QED) is 0.755. The Labute approximate surface area is 134 Å². The number of carbonyl (C=O) groups excluding carboxylic acids is 1. The molecule has 0 radical (unpaired) electrons. The number of ether oxygens (including phenoxy) is 1. The topological polar surface area (TPSA) is 75.6 Å². The Hall–Kier alpha value is -1.53. The molecule has 0 saturated carbocycles. The summed E-state index contributed by atoms with van der Waals surface area (Å²) in [5.41, 5.74) is 1.86. The molecule has 0 bridgehead atoms. The van der Waals surface area contributed by atoms with Gasteiger partial charge in [-0.1, -0.05) is 12.1 Å². The van der Waals surface area contributed by atoms with Gasteiger partial charge in [-0.15, -0.1) is 0 Å². The number of benzene rings is 1. The fraction of sp³-hybridized carbons (Fsp3) is 0.500. The Balaban J connectivity index is 1.82. The largest absolute Gasteiger partial charge is 0.481 e. The van der Waals surface area contributed by atoms with Crippen LogP contribution in [0.15, 0.2) is 24.3 Å². The van der Waals surface area contributed by atoms with Crippen LogP contribution in [0.1, 0.15) is 24.8 Å². The summed E-state index contributed by atoms with van der Waals surface area (Å²) in [4.78, 5) is 22.6. The Morgan fingerprint density at radius 1 is 1.41 bits per heavy atom. The minimum absolute atomic E-state index is 0.00961. The summed E-state index contributed by atoms with van der Waals surface area (Å²) in [5.74, 6) is 0.496. The van der Waals surface area contributed by atoms with Crippen molar-refractivity contribution < 1.29 is 19.4 Å². The number of thioether (sulfide) groups is 1. The number of hydrogen-bond acceptors (Lipinski definition) is 4. The van der Waals surface area contributed by atoms with E-state index in [1.165, 1.54) is 0 Å². The molecule has 1 aromatic rings. The number of carboxylic acid groups (broad SMARTS) is 1. The third-order valence-corrected chi connectivity index (χ3v) is 4.48. The van der Waals surface area contributed by atoms with Gasteiger partial charge in [0.25, 0.3) is 0 Å². The Kier molecular flexibility index (Phi) is 6.74. The molecular formula is C16H21NO4S. The van der Waals surface area contributed by atoms with Crippen LogP contribution in [-0.4, -0.2) is 35.9 Å². The number of aliphatic carboxylic acids is 1. The lowest BCUT2D eigenvalue weighted by Crippen LogP contribution is -2.30. The lowest BCUT2D eigenvalue weighted by molar-refractivity contribution is -0.136. The van der Waals surface area contributed by atoms with E-state index in [1.54, 1.807) is 11.8 Å². The number of carboxylic acids is 1. The molecule has 1 atom stereocenters. The first-order valence-electron chi connectivity index (χ1n) is 7.42. The SMILES string of the molecule is O=C(O)CCSCc1cccc(NC(=O)C2CCCOC2)c1. The second kappa shape index (κ2) is 8.80. The van der Waals surface area contributed by atoms with E-state index in [4.69, 9.17) is 9.84 Å². The summed E-state index contributed by atoms with van der Waals surface area (Å²) in [6.45, 7) is 1.24. The van der Waals surface area contributed by atoms with E-state index in [9.17, 15) is 9.59 Å². The highest BCUT2D eigenvalue weighted by molar-refractivity contribution is 7.98. The van der Waals surface area contributed by atoms with E-state index >= 15 is 0 Å². The summed E-state index contributed by atoms with van der Waals surface area (Å²) < 4.78 is 5.34. The zero-order valence-corrected chi connectivity index (χ0v) is 13.2. The molecule has 2 rings (SSSR count). The molecule has 120 valence electrons. The Bertz CT molecular complexity index is 515. The van der Waals surface area contributed by atoms with Crippen LogP contribution in [0.3, 0.4) is 0 Å². The molecule has 1 heterocycles. The first-order chi connectivity index (χ1) is 10.6. The molecule has 1 aliphatic rings. The molecular weight excluding hydrogens is 302 g/mol. The van der Waals surface area contributed by atoms with Crippen LogP contribution in [0.2, 0.25) is 0 Å². The minimum atomic E-state index is -0.775. The van der Waals surface area contributed by atoms with E-state index in [-0.39, 0.29) is 18.2 Å². The van der Waals surface area contributed by atoms with Gasteiger partial charge in [-0.25, -0.2) is 0 Å². The summed E-state index contributed by atoms with van der Waals surface area (Å²) in [7, 11) is 0. The second-order valence-electron chi connectivity index (χ2n) is 5.30. The molecule has 6 heteroatoms. The predicted octanol–water partition coefficient (Wildman–Crippen LogP) is 2.76. The molecule has 2 N–H and O–H groups in total. The predicted molar refractivity (Wildman–Crippen MR) is 87.0 cm³/mol. The third kappa shape index (κ3) is 5.69. The smallest absolute Gasteiger partial charge is 0.304 e. The highest BCUT2D eigenvalue weighted by Crippen LogP contribution is 2.20. The molecule has 1 aromatic carbocycles. The van der Waals surface area contributed by atoms with Crippen LogP contribution in [0.25, 0.3) is 0 Å². The highest BCUT2D eigenvalue weighted by Gasteiger charge is 2.21. The number of amides is 1. The van der Waals surface area contributed by atoms with Crippen molar-refractivity contribution in [2.75, 3.05) is 24.3 Å². The Morgan fingerprint density at radius 3 is 3.00 bits per heavy atom. The van der Waals surface area contributed by atoms with Crippen LogP contribution >= 0.6 is 11.8 Å². The third-order valence-electron chi connectivity index (χ3n) is 3.45. The van der Waals surface area contributed by atoms with Gasteiger partial charge in [0.05, 0.1) is 18.9 Å². The number of nitrogens with one attached hydrogen (secondary N) is 1. The van der Waals surface area contributed by atoms with Crippen molar-refractivity contribution >= 4 is 29.3 Å². The summed E-state index contributed by atoms with van der Waals surface area (Å²) >= 11 is 1.58. The number of anilines is 1. The van der Waals surface area contributed by atoms with Gasteiger partial charge in [0.2, 0.25) is 5.91 Å². The van der Waals surface area contributed by atoms with Crippen molar-refractivity contribution in [1.82, 2.24) is 0 Å². The average molecular weight is 323 g/mol. The lowest BCUT2D eigenvalue weighted by atomic mass is 10.0. The number of rotatable bonds is 7. The first-order valence-corrected chi connectivity index (χ1v) is 8.57. The molecule has 0 spiro atoms. The summed E-state index contributed by atoms with van der Waals surface area (Å²) in [5, 5.41) is 11.5. The van der Waals surface area contributed by atoms with Crippen molar-refractivity contribution in [3.63, 3.8) is 0 Å². The van der Waals surface area contributed by atoms with Crippen molar-refractivity contribution in [3.05, 3.63) is 29.8 Å². The van der Waals surface area contributed by atoms with E-state index in [0.29, 0.717) is 12.4 Å². The van der Waals surface area contributed by atoms with Crippen LogP contribution in [0.4, 0.5) is 5.69 Å². The van der Waals surface area contributed by atoms with Crippen LogP contribution < -0.4 is 5.32 Å². The fourth-order valence-electron chi connectivity index (χ4n) is 2.28. The van der Waals surface area contributed by atoms with Gasteiger partial charge in [0, 0.05) is 23.8 Å². The van der Waals surface area contributed by atoms with Gasteiger partial charge in [0.15, 0.2) is 0 Å². The van der Waals surface area contributed by atoms with Crippen LogP contribution in [0.5, 0.6) is 0 Å². The monoisotopic (exact) mass is 323 g/mol. The maximum atomic E-state index is 12.2. The molecule has 0 aliphatic carbocycles. The van der Waals surface area contributed by atoms with Gasteiger partial charge in [-0.05, 0) is 30.5 Å². The van der Waals surface area contributed by atoms with E-state index in [1.807, 2.05) is 24.3 Å². The standard InChI is InChI=1S/C16H21NO4S/c18-15(19)6-8-22-11-12-3-1-5-14(9-12)17-16(20)13-4-2-7-21-10-13/h1,3,5,9,13H,2,4,6-8,10-11H2,(H,17,20)(H,18,19). The minimum Gasteiger partial charge on any atom is -0.481 e. The maximum absolute atomic E-state index is 12.2. The van der Waals surface area contributed by atoms with E-state index in [0.717, 1.165) is 36.5 Å². The second-order valence-corrected chi connectivity index (χ2v) is 6.41. The van der Waals surface area contributed by atoms with Crippen molar-refractivity contribution in [2.45, 2.75) is 25.0 Å². The van der Waals surface area contributed by atoms with E-state index < -0.39 is 5.97 Å². The number of hydrogen-bond donors (Lipinski definition) is 2. The average Bonchev–Trinajstić information content (AvgIpc) is 2.52. The Morgan fingerprint density at radius 2 is 2.27 bits per heavy atom.